The molecule has 1 fully saturated rings. The maximum absolute atomic E-state index is 6.09. The number of fused-ring (bicyclic) bond motifs is 1. The number of benzene rings is 1. The van der Waals surface area contributed by atoms with E-state index in [0.29, 0.717) is 5.95 Å². The maximum atomic E-state index is 6.09. The number of hydrogen-bond acceptors (Lipinski definition) is 3. The molecule has 1 aliphatic rings. The first kappa shape index (κ1) is 11.9. The highest BCUT2D eigenvalue weighted by Gasteiger charge is 2.18. The van der Waals surface area contributed by atoms with Gasteiger partial charge in [-0.1, -0.05) is 12.1 Å². The van der Waals surface area contributed by atoms with E-state index in [0.717, 1.165) is 18.0 Å². The van der Waals surface area contributed by atoms with Crippen molar-refractivity contribution in [3.63, 3.8) is 0 Å². The van der Waals surface area contributed by atoms with Crippen LogP contribution in [0, 0.1) is 12.8 Å². The molecule has 1 aromatic heterocycles. The van der Waals surface area contributed by atoms with Crippen LogP contribution in [0.25, 0.3) is 11.0 Å². The summed E-state index contributed by atoms with van der Waals surface area (Å²) in [4.78, 5) is 4.47. The number of para-hydroxylation sites is 1. The monoisotopic (exact) mass is 261 g/mol. The molecule has 18 heavy (non-hydrogen) atoms. The third kappa shape index (κ3) is 2.09. The van der Waals surface area contributed by atoms with Crippen LogP contribution >= 0.6 is 11.8 Å². The standard InChI is InChI=1S/C14H19N3S/c1-10-3-2-4-12-13(10)17(14(15)16-12)9-11-5-7-18-8-6-11/h2-4,11H,5-9H2,1H3,(H2,15,16). The van der Waals surface area contributed by atoms with E-state index in [2.05, 4.69) is 34.3 Å². The zero-order valence-electron chi connectivity index (χ0n) is 10.7. The van der Waals surface area contributed by atoms with Crippen molar-refractivity contribution in [2.24, 2.45) is 5.92 Å². The van der Waals surface area contributed by atoms with Crippen LogP contribution in [0.5, 0.6) is 0 Å². The Morgan fingerprint density at radius 3 is 2.94 bits per heavy atom. The highest BCUT2D eigenvalue weighted by Crippen LogP contribution is 2.28. The number of aromatic nitrogens is 2. The van der Waals surface area contributed by atoms with Gasteiger partial charge in [-0.25, -0.2) is 4.98 Å². The second kappa shape index (κ2) is 4.84. The number of hydrogen-bond donors (Lipinski definition) is 1. The second-order valence-electron chi connectivity index (χ2n) is 5.08. The predicted molar refractivity (Wildman–Crippen MR) is 78.9 cm³/mol. The van der Waals surface area contributed by atoms with E-state index in [9.17, 15) is 0 Å². The third-order valence-corrected chi connectivity index (χ3v) is 4.83. The highest BCUT2D eigenvalue weighted by molar-refractivity contribution is 7.99. The van der Waals surface area contributed by atoms with Gasteiger partial charge in [-0.3, -0.25) is 0 Å². The normalized spacial score (nSPS) is 17.4. The molecule has 1 saturated heterocycles. The molecule has 0 saturated carbocycles. The number of nitrogen functional groups attached to an aromatic ring is 1. The smallest absolute Gasteiger partial charge is 0.201 e. The Labute approximate surface area is 112 Å². The van der Waals surface area contributed by atoms with Crippen LogP contribution in [0.2, 0.25) is 0 Å². The largest absolute Gasteiger partial charge is 0.369 e. The number of nitrogens with zero attached hydrogens (tertiary/aromatic N) is 2. The number of nitrogens with two attached hydrogens (primary N) is 1. The van der Waals surface area contributed by atoms with Crippen LogP contribution in [0.3, 0.4) is 0 Å². The van der Waals surface area contributed by atoms with Crippen LogP contribution < -0.4 is 5.73 Å². The summed E-state index contributed by atoms with van der Waals surface area (Å²) in [5.41, 5.74) is 9.59. The lowest BCUT2D eigenvalue weighted by molar-refractivity contribution is 0.425. The molecule has 0 spiro atoms. The Balaban J connectivity index is 1.97. The van der Waals surface area contributed by atoms with Crippen LogP contribution in [0.4, 0.5) is 5.95 Å². The number of rotatable bonds is 2. The Bertz CT molecular complexity index is 555. The van der Waals surface area contributed by atoms with Gasteiger partial charge < -0.3 is 10.3 Å². The average molecular weight is 261 g/mol. The lowest BCUT2D eigenvalue weighted by Crippen LogP contribution is -2.17. The minimum Gasteiger partial charge on any atom is -0.369 e. The van der Waals surface area contributed by atoms with Gasteiger partial charge in [0.2, 0.25) is 5.95 Å². The van der Waals surface area contributed by atoms with E-state index in [1.54, 1.807) is 0 Å². The summed E-state index contributed by atoms with van der Waals surface area (Å²) >= 11 is 2.07. The topological polar surface area (TPSA) is 43.8 Å². The van der Waals surface area contributed by atoms with Crippen molar-refractivity contribution in [2.45, 2.75) is 26.3 Å². The Hall–Kier alpha value is -1.16. The minimum absolute atomic E-state index is 0.664. The molecular formula is C14H19N3S. The van der Waals surface area contributed by atoms with Crippen molar-refractivity contribution >= 4 is 28.7 Å². The Morgan fingerprint density at radius 1 is 1.39 bits per heavy atom. The van der Waals surface area contributed by atoms with Crippen LogP contribution in [-0.4, -0.2) is 21.1 Å². The zero-order chi connectivity index (χ0) is 12.5. The number of imidazole rings is 1. The molecule has 0 bridgehead atoms. The van der Waals surface area contributed by atoms with E-state index in [4.69, 9.17) is 5.73 Å². The van der Waals surface area contributed by atoms with E-state index in [1.165, 1.54) is 35.4 Å². The SMILES string of the molecule is Cc1cccc2nc(N)n(CC3CCSCC3)c12. The van der Waals surface area contributed by atoms with Gasteiger partial charge in [-0.05, 0) is 48.8 Å². The molecule has 2 heterocycles. The fraction of sp³-hybridized carbons (Fsp3) is 0.500. The molecule has 1 aromatic carbocycles. The molecule has 0 amide bonds. The van der Waals surface area contributed by atoms with Gasteiger partial charge in [0.25, 0.3) is 0 Å². The van der Waals surface area contributed by atoms with Crippen LogP contribution in [0.1, 0.15) is 18.4 Å². The van der Waals surface area contributed by atoms with Gasteiger partial charge in [0.05, 0.1) is 11.0 Å². The number of thioether (sulfide) groups is 1. The number of anilines is 1. The average Bonchev–Trinajstić information content (AvgIpc) is 2.69. The van der Waals surface area contributed by atoms with Gasteiger partial charge in [0.15, 0.2) is 0 Å². The van der Waals surface area contributed by atoms with Crippen molar-refractivity contribution in [3.05, 3.63) is 23.8 Å². The lowest BCUT2D eigenvalue weighted by Gasteiger charge is -2.22. The molecular weight excluding hydrogens is 242 g/mol. The maximum Gasteiger partial charge on any atom is 0.201 e. The summed E-state index contributed by atoms with van der Waals surface area (Å²) < 4.78 is 2.21. The minimum atomic E-state index is 0.664. The summed E-state index contributed by atoms with van der Waals surface area (Å²) in [5, 5.41) is 0. The first-order chi connectivity index (χ1) is 8.75. The zero-order valence-corrected chi connectivity index (χ0v) is 11.5. The van der Waals surface area contributed by atoms with E-state index in [-0.39, 0.29) is 0 Å². The fourth-order valence-corrected chi connectivity index (χ4v) is 3.96. The molecule has 96 valence electrons. The first-order valence-corrected chi connectivity index (χ1v) is 7.70. The van der Waals surface area contributed by atoms with Crippen molar-refractivity contribution in [1.82, 2.24) is 9.55 Å². The fourth-order valence-electron chi connectivity index (χ4n) is 2.76. The van der Waals surface area contributed by atoms with Crippen molar-refractivity contribution in [2.75, 3.05) is 17.2 Å². The highest BCUT2D eigenvalue weighted by atomic mass is 32.2. The quantitative estimate of drug-likeness (QED) is 0.903. The van der Waals surface area contributed by atoms with E-state index in [1.807, 2.05) is 12.1 Å². The van der Waals surface area contributed by atoms with Gasteiger partial charge >= 0.3 is 0 Å². The third-order valence-electron chi connectivity index (χ3n) is 3.78. The predicted octanol–water partition coefficient (Wildman–Crippen LogP) is 3.07. The van der Waals surface area contributed by atoms with Crippen molar-refractivity contribution in [3.8, 4) is 0 Å². The molecule has 1 aliphatic heterocycles. The molecule has 0 atom stereocenters. The van der Waals surface area contributed by atoms with Gasteiger partial charge in [-0.2, -0.15) is 11.8 Å². The Morgan fingerprint density at radius 2 is 2.17 bits per heavy atom. The molecule has 0 radical (unpaired) electrons. The van der Waals surface area contributed by atoms with Crippen LogP contribution in [-0.2, 0) is 6.54 Å². The van der Waals surface area contributed by atoms with Crippen LogP contribution in [0.15, 0.2) is 18.2 Å². The lowest BCUT2D eigenvalue weighted by atomic mass is 10.0. The summed E-state index contributed by atoms with van der Waals surface area (Å²) in [6.07, 6.45) is 2.60. The van der Waals surface area contributed by atoms with Gasteiger partial charge in [0, 0.05) is 6.54 Å². The van der Waals surface area contributed by atoms with Gasteiger partial charge in [-0.15, -0.1) is 0 Å². The van der Waals surface area contributed by atoms with Crippen molar-refractivity contribution < 1.29 is 0 Å². The first-order valence-electron chi connectivity index (χ1n) is 6.55. The summed E-state index contributed by atoms with van der Waals surface area (Å²) in [6.45, 7) is 3.16. The molecule has 0 aliphatic carbocycles. The molecule has 2 aromatic rings. The summed E-state index contributed by atoms with van der Waals surface area (Å²) in [6, 6.07) is 6.23. The molecule has 3 nitrogen and oxygen atoms in total. The number of aryl methyl sites for hydroxylation is 1. The summed E-state index contributed by atoms with van der Waals surface area (Å²) in [5.74, 6) is 4.00. The molecule has 4 heteroatoms. The summed E-state index contributed by atoms with van der Waals surface area (Å²) in [7, 11) is 0. The second-order valence-corrected chi connectivity index (χ2v) is 6.30. The molecule has 2 N–H and O–H groups in total. The molecule has 3 rings (SSSR count). The van der Waals surface area contributed by atoms with Crippen molar-refractivity contribution in [1.29, 1.82) is 0 Å². The molecule has 0 unspecified atom stereocenters. The van der Waals surface area contributed by atoms with E-state index < -0.39 is 0 Å². The van der Waals surface area contributed by atoms with Gasteiger partial charge in [0.1, 0.15) is 0 Å². The Kier molecular flexibility index (Phi) is 3.20. The van der Waals surface area contributed by atoms with E-state index >= 15 is 0 Å².